The van der Waals surface area contributed by atoms with Crippen LogP contribution in [0.15, 0.2) is 11.1 Å². The Kier molecular flexibility index (Phi) is 4.72. The van der Waals surface area contributed by atoms with Gasteiger partial charge in [-0.1, -0.05) is 26.2 Å². The maximum atomic E-state index is 12.8. The molecule has 130 valence electrons. The number of unbranched alkanes of at least 4 members (excludes halogenated alkanes) is 1. The second-order valence-electron chi connectivity index (χ2n) is 7.37. The van der Waals surface area contributed by atoms with Crippen LogP contribution in [0.2, 0.25) is 0 Å². The molecule has 0 saturated heterocycles. The summed E-state index contributed by atoms with van der Waals surface area (Å²) in [5.41, 5.74) is 1.47. The molecule has 0 spiro atoms. The van der Waals surface area contributed by atoms with E-state index in [-0.39, 0.29) is 5.56 Å². The topological polar surface area (TPSA) is 46.9 Å². The quantitative estimate of drug-likeness (QED) is 0.900. The number of nitrogens with zero attached hydrogens (tertiary/aromatic N) is 2. The van der Waals surface area contributed by atoms with E-state index in [2.05, 4.69) is 17.2 Å². The summed E-state index contributed by atoms with van der Waals surface area (Å²) in [6.45, 7) is 2.94. The minimum Gasteiger partial charge on any atom is -0.311 e. The van der Waals surface area contributed by atoms with Crippen LogP contribution in [0.25, 0.3) is 10.2 Å². The standard InChI is InChI=1S/C19H27N3OS/c1-2-3-10-22-12-20-18-17(19(22)23)15-9-8-14(11-16(15)24-18)21-13-6-4-5-7-13/h12-14,21H,2-11H2,1H3. The van der Waals surface area contributed by atoms with Crippen LogP contribution in [-0.2, 0) is 19.4 Å². The SMILES string of the molecule is CCCCn1cnc2sc3c(c2c1=O)CCC(NC1CCCC1)C3. The molecule has 1 fully saturated rings. The fourth-order valence-electron chi connectivity index (χ4n) is 4.26. The Morgan fingerprint density at radius 2 is 2.12 bits per heavy atom. The summed E-state index contributed by atoms with van der Waals surface area (Å²) in [4.78, 5) is 19.8. The Hall–Kier alpha value is -1.20. The lowest BCUT2D eigenvalue weighted by atomic mass is 9.92. The Labute approximate surface area is 147 Å². The van der Waals surface area contributed by atoms with Gasteiger partial charge in [-0.25, -0.2) is 4.98 Å². The van der Waals surface area contributed by atoms with Gasteiger partial charge in [0, 0.05) is 23.5 Å². The van der Waals surface area contributed by atoms with Crippen molar-refractivity contribution in [3.8, 4) is 0 Å². The molecule has 2 aliphatic rings. The fourth-order valence-corrected chi connectivity index (χ4v) is 5.51. The summed E-state index contributed by atoms with van der Waals surface area (Å²) in [5, 5.41) is 4.77. The van der Waals surface area contributed by atoms with Crippen molar-refractivity contribution in [2.24, 2.45) is 0 Å². The van der Waals surface area contributed by atoms with Crippen LogP contribution >= 0.6 is 11.3 Å². The molecule has 1 unspecified atom stereocenters. The van der Waals surface area contributed by atoms with Gasteiger partial charge in [-0.3, -0.25) is 9.36 Å². The summed E-state index contributed by atoms with van der Waals surface area (Å²) in [6, 6.07) is 1.30. The Morgan fingerprint density at radius 1 is 1.29 bits per heavy atom. The molecular weight excluding hydrogens is 318 g/mol. The number of hydrogen-bond acceptors (Lipinski definition) is 4. The predicted octanol–water partition coefficient (Wildman–Crippen LogP) is 3.65. The summed E-state index contributed by atoms with van der Waals surface area (Å²) >= 11 is 1.74. The lowest BCUT2D eigenvalue weighted by molar-refractivity contribution is 0.399. The van der Waals surface area contributed by atoms with Crippen molar-refractivity contribution >= 4 is 21.6 Å². The maximum Gasteiger partial charge on any atom is 0.262 e. The van der Waals surface area contributed by atoms with Crippen molar-refractivity contribution in [3.63, 3.8) is 0 Å². The average Bonchev–Trinajstić information content (AvgIpc) is 3.21. The molecule has 2 heterocycles. The monoisotopic (exact) mass is 345 g/mol. The first-order valence-corrected chi connectivity index (χ1v) is 10.3. The van der Waals surface area contributed by atoms with Crippen molar-refractivity contribution in [1.29, 1.82) is 0 Å². The highest BCUT2D eigenvalue weighted by molar-refractivity contribution is 7.18. The van der Waals surface area contributed by atoms with E-state index in [1.54, 1.807) is 17.7 Å². The Balaban J connectivity index is 1.59. The van der Waals surface area contributed by atoms with Gasteiger partial charge < -0.3 is 5.32 Å². The van der Waals surface area contributed by atoms with Crippen LogP contribution in [0.4, 0.5) is 0 Å². The average molecular weight is 346 g/mol. The third-order valence-electron chi connectivity index (χ3n) is 5.61. The number of aryl methyl sites for hydroxylation is 2. The summed E-state index contributed by atoms with van der Waals surface area (Å²) in [5.74, 6) is 0. The molecular formula is C19H27N3OS. The number of nitrogens with one attached hydrogen (secondary N) is 1. The second kappa shape index (κ2) is 6.96. The molecule has 4 nitrogen and oxygen atoms in total. The van der Waals surface area contributed by atoms with E-state index in [1.165, 1.54) is 36.1 Å². The van der Waals surface area contributed by atoms with Gasteiger partial charge in [0.15, 0.2) is 0 Å². The lowest BCUT2D eigenvalue weighted by Gasteiger charge is -2.26. The molecule has 2 aromatic heterocycles. The van der Waals surface area contributed by atoms with Gasteiger partial charge in [0.1, 0.15) is 4.83 Å². The normalized spacial score (nSPS) is 21.5. The van der Waals surface area contributed by atoms with Crippen molar-refractivity contribution in [2.75, 3.05) is 0 Å². The smallest absolute Gasteiger partial charge is 0.262 e. The molecule has 1 saturated carbocycles. The molecule has 2 aliphatic carbocycles. The van der Waals surface area contributed by atoms with Crippen LogP contribution in [0.5, 0.6) is 0 Å². The fraction of sp³-hybridized carbons (Fsp3) is 0.684. The second-order valence-corrected chi connectivity index (χ2v) is 8.45. The summed E-state index contributed by atoms with van der Waals surface area (Å²) in [6.07, 6.45) is 12.5. The van der Waals surface area contributed by atoms with E-state index in [0.29, 0.717) is 6.04 Å². The number of hydrogen-bond donors (Lipinski definition) is 1. The molecule has 1 atom stereocenters. The zero-order valence-corrected chi connectivity index (χ0v) is 15.3. The Morgan fingerprint density at radius 3 is 2.92 bits per heavy atom. The third kappa shape index (κ3) is 3.04. The van der Waals surface area contributed by atoms with Gasteiger partial charge in [0.2, 0.25) is 0 Å². The van der Waals surface area contributed by atoms with Crippen LogP contribution < -0.4 is 10.9 Å². The highest BCUT2D eigenvalue weighted by atomic mass is 32.1. The van der Waals surface area contributed by atoms with E-state index in [9.17, 15) is 4.79 Å². The van der Waals surface area contributed by atoms with E-state index < -0.39 is 0 Å². The van der Waals surface area contributed by atoms with Crippen molar-refractivity contribution in [3.05, 3.63) is 27.1 Å². The predicted molar refractivity (Wildman–Crippen MR) is 100.0 cm³/mol. The van der Waals surface area contributed by atoms with Gasteiger partial charge in [0.25, 0.3) is 5.56 Å². The van der Waals surface area contributed by atoms with Crippen molar-refractivity contribution < 1.29 is 0 Å². The zero-order valence-electron chi connectivity index (χ0n) is 14.5. The number of fused-ring (bicyclic) bond motifs is 3. The molecule has 0 bridgehead atoms. The van der Waals surface area contributed by atoms with E-state index in [4.69, 9.17) is 0 Å². The molecule has 2 aromatic rings. The van der Waals surface area contributed by atoms with Gasteiger partial charge in [-0.2, -0.15) is 0 Å². The molecule has 0 aromatic carbocycles. The molecule has 5 heteroatoms. The van der Waals surface area contributed by atoms with Crippen molar-refractivity contribution in [1.82, 2.24) is 14.9 Å². The Bertz CT molecular complexity index is 773. The van der Waals surface area contributed by atoms with Gasteiger partial charge in [-0.05, 0) is 44.1 Å². The maximum absolute atomic E-state index is 12.8. The first-order valence-electron chi connectivity index (χ1n) is 9.52. The van der Waals surface area contributed by atoms with E-state index in [1.807, 2.05) is 4.57 Å². The van der Waals surface area contributed by atoms with E-state index >= 15 is 0 Å². The third-order valence-corrected chi connectivity index (χ3v) is 6.78. The molecule has 0 radical (unpaired) electrons. The minimum atomic E-state index is 0.174. The molecule has 4 rings (SSSR count). The van der Waals surface area contributed by atoms with Gasteiger partial charge in [0.05, 0.1) is 11.7 Å². The number of thiophene rings is 1. The van der Waals surface area contributed by atoms with Gasteiger partial charge in [-0.15, -0.1) is 11.3 Å². The molecule has 0 aliphatic heterocycles. The van der Waals surface area contributed by atoms with Crippen LogP contribution in [0.3, 0.4) is 0 Å². The summed E-state index contributed by atoms with van der Waals surface area (Å²) < 4.78 is 1.81. The van der Waals surface area contributed by atoms with Crippen molar-refractivity contribution in [2.45, 2.75) is 83.3 Å². The molecule has 1 N–H and O–H groups in total. The van der Waals surface area contributed by atoms with Crippen LogP contribution in [-0.4, -0.2) is 21.6 Å². The molecule has 24 heavy (non-hydrogen) atoms. The lowest BCUT2D eigenvalue weighted by Crippen LogP contribution is -2.40. The van der Waals surface area contributed by atoms with Crippen LogP contribution in [0.1, 0.15) is 62.3 Å². The highest BCUT2D eigenvalue weighted by Crippen LogP contribution is 2.34. The highest BCUT2D eigenvalue weighted by Gasteiger charge is 2.27. The first kappa shape index (κ1) is 16.3. The molecule has 0 amide bonds. The summed E-state index contributed by atoms with van der Waals surface area (Å²) in [7, 11) is 0. The minimum absolute atomic E-state index is 0.174. The zero-order chi connectivity index (χ0) is 16.5. The van der Waals surface area contributed by atoms with E-state index in [0.717, 1.165) is 54.9 Å². The van der Waals surface area contributed by atoms with Gasteiger partial charge >= 0.3 is 0 Å². The number of aromatic nitrogens is 2. The van der Waals surface area contributed by atoms with Crippen LogP contribution in [0, 0.1) is 0 Å². The largest absolute Gasteiger partial charge is 0.311 e. The first-order chi connectivity index (χ1) is 11.8. The number of rotatable bonds is 5.